The molecule has 0 bridgehead atoms. The number of fused-ring (bicyclic) bond motifs is 1. The molecule has 0 fully saturated rings. The van der Waals surface area contributed by atoms with Crippen LogP contribution in [0.3, 0.4) is 0 Å². The normalized spacial score (nSPS) is 12.1. The predicted molar refractivity (Wildman–Crippen MR) is 102 cm³/mol. The fourth-order valence-corrected chi connectivity index (χ4v) is 2.88. The van der Waals surface area contributed by atoms with E-state index in [1.165, 1.54) is 4.57 Å². The Balaban J connectivity index is 1.89. The minimum Gasteiger partial charge on any atom is -0.346 e. The van der Waals surface area contributed by atoms with Crippen LogP contribution in [0.1, 0.15) is 28.9 Å². The minimum absolute atomic E-state index is 0.178. The molecule has 3 rings (SSSR count). The number of nitrogens with zero attached hydrogens (tertiary/aromatic N) is 1. The summed E-state index contributed by atoms with van der Waals surface area (Å²) in [6, 6.07) is 12.0. The van der Waals surface area contributed by atoms with Crippen molar-refractivity contribution in [2.45, 2.75) is 13.0 Å². The van der Waals surface area contributed by atoms with Gasteiger partial charge >= 0.3 is 0 Å². The molecule has 1 atom stereocenters. The number of carbonyl (C=O) groups is 1. The maximum atomic E-state index is 12.5. The van der Waals surface area contributed by atoms with Crippen LogP contribution in [-0.4, -0.2) is 15.5 Å². The first-order valence-corrected chi connectivity index (χ1v) is 8.45. The number of nitrogens with one attached hydrogen (secondary N) is 2. The number of amides is 1. The Hall–Kier alpha value is -2.44. The van der Waals surface area contributed by atoms with Crippen LogP contribution in [0, 0.1) is 4.77 Å². The molecular formula is C18H16ClN3O2S. The second-order valence-corrected chi connectivity index (χ2v) is 6.62. The predicted octanol–water partition coefficient (Wildman–Crippen LogP) is 3.74. The van der Waals surface area contributed by atoms with Gasteiger partial charge in [0.15, 0.2) is 4.77 Å². The molecule has 0 radical (unpaired) electrons. The van der Waals surface area contributed by atoms with E-state index in [9.17, 15) is 9.59 Å². The highest BCUT2D eigenvalue weighted by Crippen LogP contribution is 2.17. The lowest BCUT2D eigenvalue weighted by Crippen LogP contribution is -2.27. The SMILES string of the molecule is CC(NC(=O)c1ccc2c(=O)n(C)c(=S)[nH]c2c1)c1ccc(Cl)cc1. The van der Waals surface area contributed by atoms with Crippen LogP contribution < -0.4 is 10.9 Å². The van der Waals surface area contributed by atoms with Crippen LogP contribution >= 0.6 is 23.8 Å². The van der Waals surface area contributed by atoms with E-state index in [0.29, 0.717) is 26.3 Å². The summed E-state index contributed by atoms with van der Waals surface area (Å²) in [7, 11) is 1.61. The van der Waals surface area contributed by atoms with E-state index in [1.807, 2.05) is 19.1 Å². The first kappa shape index (κ1) is 17.4. The smallest absolute Gasteiger partial charge is 0.261 e. The van der Waals surface area contributed by atoms with Gasteiger partial charge in [0.05, 0.1) is 16.9 Å². The lowest BCUT2D eigenvalue weighted by molar-refractivity contribution is 0.0940. The zero-order valence-electron chi connectivity index (χ0n) is 13.7. The summed E-state index contributed by atoms with van der Waals surface area (Å²) < 4.78 is 1.67. The molecule has 128 valence electrons. The van der Waals surface area contributed by atoms with Crippen LogP contribution in [0.2, 0.25) is 5.02 Å². The first-order valence-electron chi connectivity index (χ1n) is 7.66. The van der Waals surface area contributed by atoms with Crippen molar-refractivity contribution in [1.82, 2.24) is 14.9 Å². The third-order valence-electron chi connectivity index (χ3n) is 4.08. The number of aromatic nitrogens is 2. The van der Waals surface area contributed by atoms with Crippen molar-refractivity contribution in [2.24, 2.45) is 7.05 Å². The molecule has 0 aliphatic rings. The first-order chi connectivity index (χ1) is 11.9. The second-order valence-electron chi connectivity index (χ2n) is 5.80. The fourth-order valence-electron chi connectivity index (χ4n) is 2.56. The maximum absolute atomic E-state index is 12.5. The topological polar surface area (TPSA) is 66.9 Å². The number of rotatable bonds is 3. The number of benzene rings is 2. The standard InChI is InChI=1S/C18H16ClN3O2S/c1-10(11-3-6-13(19)7-4-11)20-16(23)12-5-8-14-15(9-12)21-18(25)22(2)17(14)24/h3-10H,1-2H3,(H,20,23)(H,21,25). The van der Waals surface area contributed by atoms with Gasteiger partial charge in [0.2, 0.25) is 0 Å². The monoisotopic (exact) mass is 373 g/mol. The number of halogens is 1. The summed E-state index contributed by atoms with van der Waals surface area (Å²) in [5, 5.41) is 4.06. The van der Waals surface area contributed by atoms with Gasteiger partial charge in [0, 0.05) is 17.6 Å². The maximum Gasteiger partial charge on any atom is 0.261 e. The molecule has 1 aromatic heterocycles. The summed E-state index contributed by atoms with van der Waals surface area (Å²) in [5.41, 5.74) is 1.75. The van der Waals surface area contributed by atoms with Crippen molar-refractivity contribution >= 4 is 40.6 Å². The second kappa shape index (κ2) is 6.82. The van der Waals surface area contributed by atoms with E-state index in [4.69, 9.17) is 23.8 Å². The van der Waals surface area contributed by atoms with Gasteiger partial charge in [-0.15, -0.1) is 0 Å². The van der Waals surface area contributed by atoms with E-state index in [2.05, 4.69) is 10.3 Å². The highest BCUT2D eigenvalue weighted by atomic mass is 35.5. The minimum atomic E-state index is -0.232. The van der Waals surface area contributed by atoms with Crippen LogP contribution in [0.25, 0.3) is 10.9 Å². The summed E-state index contributed by atoms with van der Waals surface area (Å²) in [4.78, 5) is 27.7. The summed E-state index contributed by atoms with van der Waals surface area (Å²) >= 11 is 11.0. The number of hydrogen-bond acceptors (Lipinski definition) is 3. The van der Waals surface area contributed by atoms with Gasteiger partial charge in [-0.25, -0.2) is 0 Å². The Kier molecular flexibility index (Phi) is 4.74. The van der Waals surface area contributed by atoms with E-state index in [1.54, 1.807) is 37.4 Å². The highest BCUT2D eigenvalue weighted by molar-refractivity contribution is 7.71. The average molecular weight is 374 g/mol. The number of carbonyl (C=O) groups excluding carboxylic acids is 1. The van der Waals surface area contributed by atoms with E-state index in [0.717, 1.165) is 5.56 Å². The molecule has 3 aromatic rings. The van der Waals surface area contributed by atoms with E-state index in [-0.39, 0.29) is 17.5 Å². The molecule has 1 unspecified atom stereocenters. The lowest BCUT2D eigenvalue weighted by Gasteiger charge is -2.15. The molecule has 1 amide bonds. The van der Waals surface area contributed by atoms with Gasteiger partial charge in [-0.05, 0) is 55.0 Å². The lowest BCUT2D eigenvalue weighted by atomic mass is 10.1. The molecule has 0 spiro atoms. The Morgan fingerprint density at radius 2 is 1.92 bits per heavy atom. The molecule has 1 heterocycles. The summed E-state index contributed by atoms with van der Waals surface area (Å²) in [5.74, 6) is -0.232. The zero-order valence-corrected chi connectivity index (χ0v) is 15.2. The Morgan fingerprint density at radius 3 is 2.60 bits per heavy atom. The van der Waals surface area contributed by atoms with Gasteiger partial charge in [-0.3, -0.25) is 14.2 Å². The Morgan fingerprint density at radius 1 is 1.24 bits per heavy atom. The molecule has 0 aliphatic heterocycles. The quantitative estimate of drug-likeness (QED) is 0.687. The molecule has 2 aromatic carbocycles. The van der Waals surface area contributed by atoms with Gasteiger partial charge in [0.25, 0.3) is 11.5 Å². The van der Waals surface area contributed by atoms with E-state index < -0.39 is 0 Å². The van der Waals surface area contributed by atoms with Crippen LogP contribution in [0.4, 0.5) is 0 Å². The van der Waals surface area contributed by atoms with Crippen LogP contribution in [-0.2, 0) is 7.05 Å². The molecular weight excluding hydrogens is 358 g/mol. The fraction of sp³-hybridized carbons (Fsp3) is 0.167. The van der Waals surface area contributed by atoms with Gasteiger partial charge in [-0.1, -0.05) is 23.7 Å². The Labute approximate surface area is 154 Å². The zero-order chi connectivity index (χ0) is 18.1. The van der Waals surface area contributed by atoms with Gasteiger partial charge in [-0.2, -0.15) is 0 Å². The van der Waals surface area contributed by atoms with Crippen molar-refractivity contribution in [2.75, 3.05) is 0 Å². The third kappa shape index (κ3) is 3.50. The van der Waals surface area contributed by atoms with E-state index >= 15 is 0 Å². The molecule has 7 heteroatoms. The van der Waals surface area contributed by atoms with Gasteiger partial charge in [0.1, 0.15) is 0 Å². The van der Waals surface area contributed by atoms with Crippen molar-refractivity contribution < 1.29 is 4.79 Å². The van der Waals surface area contributed by atoms with Crippen LogP contribution in [0.15, 0.2) is 47.3 Å². The number of aromatic amines is 1. The van der Waals surface area contributed by atoms with Crippen LogP contribution in [0.5, 0.6) is 0 Å². The van der Waals surface area contributed by atoms with Crippen molar-refractivity contribution in [3.63, 3.8) is 0 Å². The highest BCUT2D eigenvalue weighted by Gasteiger charge is 2.13. The molecule has 0 aliphatic carbocycles. The molecule has 0 saturated heterocycles. The molecule has 5 nitrogen and oxygen atoms in total. The van der Waals surface area contributed by atoms with Gasteiger partial charge < -0.3 is 10.3 Å². The molecule has 0 saturated carbocycles. The Bertz CT molecular complexity index is 1070. The number of hydrogen-bond donors (Lipinski definition) is 2. The van der Waals surface area contributed by atoms with Crippen molar-refractivity contribution in [1.29, 1.82) is 0 Å². The third-order valence-corrected chi connectivity index (χ3v) is 4.71. The average Bonchev–Trinajstić information content (AvgIpc) is 2.59. The summed E-state index contributed by atoms with van der Waals surface area (Å²) in [6.45, 7) is 1.89. The van der Waals surface area contributed by atoms with Crippen molar-refractivity contribution in [3.05, 3.63) is 73.7 Å². The van der Waals surface area contributed by atoms with Crippen molar-refractivity contribution in [3.8, 4) is 0 Å². The summed E-state index contributed by atoms with van der Waals surface area (Å²) in [6.07, 6.45) is 0. The molecule has 2 N–H and O–H groups in total. The number of H-pyrrole nitrogens is 1. The largest absolute Gasteiger partial charge is 0.346 e. The molecule has 25 heavy (non-hydrogen) atoms.